The summed E-state index contributed by atoms with van der Waals surface area (Å²) in [7, 11) is 0. The molecule has 0 radical (unpaired) electrons. The third-order valence-electron chi connectivity index (χ3n) is 4.82. The zero-order chi connectivity index (χ0) is 21.3. The van der Waals surface area contributed by atoms with Crippen molar-refractivity contribution in [2.45, 2.75) is 13.8 Å². The number of aromatic carboxylic acids is 1. The number of aromatic nitrogens is 3. The number of carbonyl (C=O) groups is 1. The van der Waals surface area contributed by atoms with E-state index in [4.69, 9.17) is 16.7 Å². The Morgan fingerprint density at radius 1 is 1.10 bits per heavy atom. The number of rotatable bonds is 5. The summed E-state index contributed by atoms with van der Waals surface area (Å²) in [6, 6.07) is 16.4. The summed E-state index contributed by atoms with van der Waals surface area (Å²) >= 11 is 6.03. The van der Waals surface area contributed by atoms with Crippen LogP contribution >= 0.6 is 11.6 Å². The van der Waals surface area contributed by atoms with Crippen molar-refractivity contribution in [3.63, 3.8) is 0 Å². The molecule has 0 aliphatic carbocycles. The SMILES string of the molecule is Cc1ccccc1-n1nc(C)c(-c2cccnc2)c1Nc1ccc(Cl)cc1C(=O)O. The maximum absolute atomic E-state index is 11.8. The summed E-state index contributed by atoms with van der Waals surface area (Å²) in [5.74, 6) is -0.416. The molecule has 4 aromatic rings. The van der Waals surface area contributed by atoms with E-state index < -0.39 is 5.97 Å². The van der Waals surface area contributed by atoms with Gasteiger partial charge in [0.2, 0.25) is 0 Å². The van der Waals surface area contributed by atoms with Crippen LogP contribution in [0.5, 0.6) is 0 Å². The minimum atomic E-state index is -1.07. The number of halogens is 1. The highest BCUT2D eigenvalue weighted by atomic mass is 35.5. The number of hydrogen-bond donors (Lipinski definition) is 2. The van der Waals surface area contributed by atoms with Crippen LogP contribution in [0, 0.1) is 13.8 Å². The molecule has 0 aliphatic rings. The minimum absolute atomic E-state index is 0.0785. The van der Waals surface area contributed by atoms with Crippen molar-refractivity contribution in [2.24, 2.45) is 0 Å². The Bertz CT molecular complexity index is 1240. The lowest BCUT2D eigenvalue weighted by molar-refractivity contribution is 0.0698. The highest BCUT2D eigenvalue weighted by Gasteiger charge is 2.21. The molecule has 4 rings (SSSR count). The molecule has 2 aromatic heterocycles. The quantitative estimate of drug-likeness (QED) is 0.438. The molecule has 0 saturated carbocycles. The Labute approximate surface area is 178 Å². The van der Waals surface area contributed by atoms with Crippen LogP contribution < -0.4 is 5.32 Å². The summed E-state index contributed by atoms with van der Waals surface area (Å²) in [4.78, 5) is 16.0. The summed E-state index contributed by atoms with van der Waals surface area (Å²) in [5.41, 5.74) is 4.95. The van der Waals surface area contributed by atoms with Crippen LogP contribution in [-0.4, -0.2) is 25.8 Å². The van der Waals surface area contributed by atoms with E-state index in [9.17, 15) is 9.90 Å². The Hall–Kier alpha value is -3.64. The van der Waals surface area contributed by atoms with Crippen molar-refractivity contribution in [1.82, 2.24) is 14.8 Å². The number of benzene rings is 2. The molecule has 0 fully saturated rings. The van der Waals surface area contributed by atoms with Crippen molar-refractivity contribution < 1.29 is 9.90 Å². The number of carboxylic acids is 1. The number of hydrogen-bond acceptors (Lipinski definition) is 4. The smallest absolute Gasteiger partial charge is 0.337 e. The summed E-state index contributed by atoms with van der Waals surface area (Å²) in [6.07, 6.45) is 3.47. The van der Waals surface area contributed by atoms with Crippen LogP contribution in [0.1, 0.15) is 21.6 Å². The van der Waals surface area contributed by atoms with Crippen LogP contribution in [0.15, 0.2) is 67.0 Å². The molecular weight excluding hydrogens is 400 g/mol. The van der Waals surface area contributed by atoms with E-state index in [2.05, 4.69) is 10.3 Å². The molecule has 2 heterocycles. The maximum atomic E-state index is 11.8. The molecule has 2 N–H and O–H groups in total. The lowest BCUT2D eigenvalue weighted by atomic mass is 10.1. The third-order valence-corrected chi connectivity index (χ3v) is 5.05. The first-order valence-corrected chi connectivity index (χ1v) is 9.69. The fraction of sp³-hybridized carbons (Fsp3) is 0.0870. The molecule has 0 unspecified atom stereocenters. The molecule has 150 valence electrons. The summed E-state index contributed by atoms with van der Waals surface area (Å²) < 4.78 is 1.80. The van der Waals surface area contributed by atoms with Gasteiger partial charge >= 0.3 is 5.97 Å². The van der Waals surface area contributed by atoms with Crippen molar-refractivity contribution in [1.29, 1.82) is 0 Å². The lowest BCUT2D eigenvalue weighted by Crippen LogP contribution is -2.08. The average Bonchev–Trinajstić information content (AvgIpc) is 3.05. The number of nitrogens with zero attached hydrogens (tertiary/aromatic N) is 3. The number of carboxylic acid groups (broad SMARTS) is 1. The molecule has 0 spiro atoms. The Balaban J connectivity index is 1.96. The molecule has 2 aromatic carbocycles. The normalized spacial score (nSPS) is 10.8. The highest BCUT2D eigenvalue weighted by molar-refractivity contribution is 6.31. The number of aryl methyl sites for hydroxylation is 2. The van der Waals surface area contributed by atoms with Crippen LogP contribution in [0.2, 0.25) is 5.02 Å². The zero-order valence-corrected chi connectivity index (χ0v) is 17.2. The molecular formula is C23H19ClN4O2. The van der Waals surface area contributed by atoms with Gasteiger partial charge in [-0.1, -0.05) is 35.9 Å². The Morgan fingerprint density at radius 2 is 1.90 bits per heavy atom. The fourth-order valence-corrected chi connectivity index (χ4v) is 3.58. The molecule has 0 atom stereocenters. The fourth-order valence-electron chi connectivity index (χ4n) is 3.40. The van der Waals surface area contributed by atoms with E-state index in [0.29, 0.717) is 16.5 Å². The van der Waals surface area contributed by atoms with E-state index in [-0.39, 0.29) is 5.56 Å². The first kappa shape index (κ1) is 19.7. The van der Waals surface area contributed by atoms with Crippen molar-refractivity contribution in [3.05, 3.63) is 88.8 Å². The van der Waals surface area contributed by atoms with Crippen LogP contribution in [0.3, 0.4) is 0 Å². The predicted molar refractivity (Wildman–Crippen MR) is 118 cm³/mol. The summed E-state index contributed by atoms with van der Waals surface area (Å²) in [5, 5.41) is 18.1. The highest BCUT2D eigenvalue weighted by Crippen LogP contribution is 2.36. The Morgan fingerprint density at radius 3 is 2.60 bits per heavy atom. The maximum Gasteiger partial charge on any atom is 0.337 e. The monoisotopic (exact) mass is 418 g/mol. The van der Waals surface area contributed by atoms with Gasteiger partial charge in [0.05, 0.1) is 22.6 Å². The lowest BCUT2D eigenvalue weighted by Gasteiger charge is -2.15. The van der Waals surface area contributed by atoms with E-state index in [1.165, 1.54) is 6.07 Å². The molecule has 7 heteroatoms. The molecule has 0 saturated heterocycles. The van der Waals surface area contributed by atoms with Gasteiger partial charge in [-0.25, -0.2) is 9.48 Å². The number of nitrogens with one attached hydrogen (secondary N) is 1. The van der Waals surface area contributed by atoms with Gasteiger partial charge in [0, 0.05) is 28.5 Å². The van der Waals surface area contributed by atoms with E-state index in [1.807, 2.05) is 50.2 Å². The van der Waals surface area contributed by atoms with Crippen LogP contribution in [0.4, 0.5) is 11.5 Å². The Kier molecular flexibility index (Phi) is 5.25. The minimum Gasteiger partial charge on any atom is -0.478 e. The van der Waals surface area contributed by atoms with Crippen molar-refractivity contribution in [2.75, 3.05) is 5.32 Å². The third kappa shape index (κ3) is 3.65. The topological polar surface area (TPSA) is 80.0 Å². The van der Waals surface area contributed by atoms with Crippen LogP contribution in [-0.2, 0) is 0 Å². The van der Waals surface area contributed by atoms with Gasteiger partial charge in [0.1, 0.15) is 5.82 Å². The van der Waals surface area contributed by atoms with E-state index in [1.54, 1.807) is 29.2 Å². The zero-order valence-electron chi connectivity index (χ0n) is 16.4. The van der Waals surface area contributed by atoms with E-state index >= 15 is 0 Å². The molecule has 0 bridgehead atoms. The van der Waals surface area contributed by atoms with Crippen molar-refractivity contribution >= 4 is 29.1 Å². The van der Waals surface area contributed by atoms with Crippen LogP contribution in [0.25, 0.3) is 16.8 Å². The number of anilines is 2. The molecule has 0 amide bonds. The van der Waals surface area contributed by atoms with Gasteiger partial charge in [-0.2, -0.15) is 5.10 Å². The second-order valence-corrected chi connectivity index (χ2v) is 7.31. The molecule has 0 aliphatic heterocycles. The second-order valence-electron chi connectivity index (χ2n) is 6.87. The summed E-state index contributed by atoms with van der Waals surface area (Å²) in [6.45, 7) is 3.92. The first-order chi connectivity index (χ1) is 14.5. The predicted octanol–water partition coefficient (Wildman–Crippen LogP) is 5.65. The van der Waals surface area contributed by atoms with E-state index in [0.717, 1.165) is 28.1 Å². The van der Waals surface area contributed by atoms with Gasteiger partial charge in [-0.3, -0.25) is 4.98 Å². The number of para-hydroxylation sites is 1. The number of pyridine rings is 1. The first-order valence-electron chi connectivity index (χ1n) is 9.31. The van der Waals surface area contributed by atoms with Gasteiger partial charge in [-0.15, -0.1) is 0 Å². The average molecular weight is 419 g/mol. The standard InChI is InChI=1S/C23H19ClN4O2/c1-14-6-3-4-8-20(14)28-22(21(15(2)27-28)16-7-5-11-25-13-16)26-19-10-9-17(24)12-18(19)23(29)30/h3-13,26H,1-2H3,(H,29,30). The van der Waals surface area contributed by atoms with Gasteiger partial charge in [-0.05, 0) is 49.7 Å². The molecule has 6 nitrogen and oxygen atoms in total. The van der Waals surface area contributed by atoms with Gasteiger partial charge < -0.3 is 10.4 Å². The van der Waals surface area contributed by atoms with Crippen molar-refractivity contribution in [3.8, 4) is 16.8 Å². The second kappa shape index (κ2) is 8.00. The largest absolute Gasteiger partial charge is 0.478 e. The van der Waals surface area contributed by atoms with Gasteiger partial charge in [0.15, 0.2) is 0 Å². The molecule has 30 heavy (non-hydrogen) atoms. The van der Waals surface area contributed by atoms with Gasteiger partial charge in [0.25, 0.3) is 0 Å².